The third kappa shape index (κ3) is 2.94. The Balaban J connectivity index is 1.99. The molecule has 0 fully saturated rings. The van der Waals surface area contributed by atoms with E-state index in [1.54, 1.807) is 22.7 Å². The Kier molecular flexibility index (Phi) is 4.22. The van der Waals surface area contributed by atoms with E-state index in [1.807, 2.05) is 6.21 Å². The molecule has 0 radical (unpaired) electrons. The minimum Gasteiger partial charge on any atom is -0.465 e. The van der Waals surface area contributed by atoms with Crippen LogP contribution >= 0.6 is 22.7 Å². The number of rotatable bonds is 3. The highest BCUT2D eigenvalue weighted by Crippen LogP contribution is 2.40. The zero-order valence-electron chi connectivity index (χ0n) is 12.1. The Bertz CT molecular complexity index is 697. The van der Waals surface area contributed by atoms with E-state index >= 15 is 0 Å². The molecular weight excluding hydrogens is 302 g/mol. The van der Waals surface area contributed by atoms with Crippen LogP contribution in [0.3, 0.4) is 0 Å². The van der Waals surface area contributed by atoms with Gasteiger partial charge in [-0.1, -0.05) is 0 Å². The number of carbonyl (C=O) groups is 1. The standard InChI is InChI=1S/C16H17NO2S2/c1-10-7-8-11(20-10)9-17-15-14(16(18)19-2)12-5-3-4-6-13(12)21-15/h7-9H,3-6H2,1-2H3. The van der Waals surface area contributed by atoms with E-state index in [-0.39, 0.29) is 5.97 Å². The van der Waals surface area contributed by atoms with Crippen LogP contribution in [0.25, 0.3) is 0 Å². The first-order valence-electron chi connectivity index (χ1n) is 7.02. The van der Waals surface area contributed by atoms with E-state index < -0.39 is 0 Å². The van der Waals surface area contributed by atoms with Gasteiger partial charge >= 0.3 is 5.97 Å². The molecule has 3 nitrogen and oxygen atoms in total. The molecule has 5 heteroatoms. The highest BCUT2D eigenvalue weighted by Gasteiger charge is 2.25. The van der Waals surface area contributed by atoms with Crippen LogP contribution in [-0.2, 0) is 17.6 Å². The summed E-state index contributed by atoms with van der Waals surface area (Å²) in [4.78, 5) is 20.3. The molecule has 1 aliphatic carbocycles. The highest BCUT2D eigenvalue weighted by molar-refractivity contribution is 7.16. The summed E-state index contributed by atoms with van der Waals surface area (Å²) in [7, 11) is 1.44. The first-order valence-corrected chi connectivity index (χ1v) is 8.65. The summed E-state index contributed by atoms with van der Waals surface area (Å²) in [5.41, 5.74) is 1.84. The fourth-order valence-electron chi connectivity index (χ4n) is 2.60. The fraction of sp³-hybridized carbons (Fsp3) is 0.375. The minimum atomic E-state index is -0.260. The van der Waals surface area contributed by atoms with Crippen molar-refractivity contribution in [2.45, 2.75) is 32.6 Å². The lowest BCUT2D eigenvalue weighted by Gasteiger charge is -2.11. The molecule has 0 unspecified atom stereocenters. The van der Waals surface area contributed by atoms with Gasteiger partial charge in [0.1, 0.15) is 5.00 Å². The molecule has 3 rings (SSSR count). The number of thiophene rings is 2. The van der Waals surface area contributed by atoms with Crippen LogP contribution in [0.1, 0.15) is 43.4 Å². The van der Waals surface area contributed by atoms with Crippen LogP contribution in [0.2, 0.25) is 0 Å². The lowest BCUT2D eigenvalue weighted by molar-refractivity contribution is 0.0601. The van der Waals surface area contributed by atoms with Crippen LogP contribution in [0, 0.1) is 6.92 Å². The molecule has 1 aliphatic rings. The molecule has 0 aliphatic heterocycles. The second-order valence-electron chi connectivity index (χ2n) is 5.09. The van der Waals surface area contributed by atoms with Crippen molar-refractivity contribution < 1.29 is 9.53 Å². The van der Waals surface area contributed by atoms with Gasteiger partial charge in [0.25, 0.3) is 0 Å². The normalized spacial score (nSPS) is 14.4. The fourth-order valence-corrected chi connectivity index (χ4v) is 4.57. The number of ether oxygens (including phenoxy) is 1. The van der Waals surface area contributed by atoms with Crippen molar-refractivity contribution in [1.82, 2.24) is 0 Å². The van der Waals surface area contributed by atoms with Crippen LogP contribution in [0.15, 0.2) is 17.1 Å². The number of methoxy groups -OCH3 is 1. The number of aliphatic imine (C=N–C) groups is 1. The topological polar surface area (TPSA) is 38.7 Å². The van der Waals surface area contributed by atoms with Crippen LogP contribution in [-0.4, -0.2) is 19.3 Å². The zero-order chi connectivity index (χ0) is 14.8. The molecule has 110 valence electrons. The van der Waals surface area contributed by atoms with Crippen LogP contribution in [0.4, 0.5) is 5.00 Å². The van der Waals surface area contributed by atoms with E-state index in [9.17, 15) is 4.79 Å². The van der Waals surface area contributed by atoms with Crippen molar-refractivity contribution in [2.24, 2.45) is 4.99 Å². The van der Waals surface area contributed by atoms with E-state index in [0.717, 1.165) is 34.7 Å². The predicted octanol–water partition coefficient (Wildman–Crippen LogP) is 4.53. The summed E-state index contributed by atoms with van der Waals surface area (Å²) < 4.78 is 4.95. The smallest absolute Gasteiger partial charge is 0.341 e. The zero-order valence-corrected chi connectivity index (χ0v) is 13.8. The Hall–Kier alpha value is -1.46. The molecule has 0 bridgehead atoms. The number of hydrogen-bond acceptors (Lipinski definition) is 5. The van der Waals surface area contributed by atoms with Crippen molar-refractivity contribution in [1.29, 1.82) is 0 Å². The second kappa shape index (κ2) is 6.12. The van der Waals surface area contributed by atoms with Crippen molar-refractivity contribution in [2.75, 3.05) is 7.11 Å². The first kappa shape index (κ1) is 14.5. The monoisotopic (exact) mass is 319 g/mol. The maximum atomic E-state index is 12.1. The Morgan fingerprint density at radius 1 is 1.29 bits per heavy atom. The molecule has 2 aromatic heterocycles. The summed E-state index contributed by atoms with van der Waals surface area (Å²) in [6.45, 7) is 2.08. The molecular formula is C16H17NO2S2. The Morgan fingerprint density at radius 2 is 2.10 bits per heavy atom. The molecule has 0 atom stereocenters. The summed E-state index contributed by atoms with van der Waals surface area (Å²) in [5.74, 6) is -0.260. The average Bonchev–Trinajstić information content (AvgIpc) is 3.07. The van der Waals surface area contributed by atoms with E-state index in [0.29, 0.717) is 5.56 Å². The SMILES string of the molecule is COC(=O)c1c(N=Cc2ccc(C)s2)sc2c1CCCC2. The number of carbonyl (C=O) groups excluding carboxylic acids is 1. The molecule has 2 heterocycles. The predicted molar refractivity (Wildman–Crippen MR) is 88.6 cm³/mol. The quantitative estimate of drug-likeness (QED) is 0.615. The largest absolute Gasteiger partial charge is 0.465 e. The maximum Gasteiger partial charge on any atom is 0.341 e. The lowest BCUT2D eigenvalue weighted by atomic mass is 9.95. The van der Waals surface area contributed by atoms with Crippen LogP contribution < -0.4 is 0 Å². The molecule has 0 spiro atoms. The summed E-state index contributed by atoms with van der Waals surface area (Å²) in [6.07, 6.45) is 6.20. The molecule has 0 saturated heterocycles. The third-order valence-electron chi connectivity index (χ3n) is 3.61. The first-order chi connectivity index (χ1) is 10.2. The average molecular weight is 319 g/mol. The van der Waals surface area contributed by atoms with E-state index in [2.05, 4.69) is 24.0 Å². The van der Waals surface area contributed by atoms with Crippen molar-refractivity contribution in [3.8, 4) is 0 Å². The van der Waals surface area contributed by atoms with Gasteiger partial charge in [-0.3, -0.25) is 0 Å². The lowest BCUT2D eigenvalue weighted by Crippen LogP contribution is -2.07. The number of aryl methyl sites for hydroxylation is 2. The molecule has 0 N–H and O–H groups in total. The minimum absolute atomic E-state index is 0.260. The van der Waals surface area contributed by atoms with Gasteiger partial charge in [0.2, 0.25) is 0 Å². The van der Waals surface area contributed by atoms with Crippen LogP contribution in [0.5, 0.6) is 0 Å². The summed E-state index contributed by atoms with van der Waals surface area (Å²) >= 11 is 3.34. The highest BCUT2D eigenvalue weighted by atomic mass is 32.1. The molecule has 2 aromatic rings. The molecule has 0 amide bonds. The summed E-state index contributed by atoms with van der Waals surface area (Å²) in [5, 5.41) is 0.791. The third-order valence-corrected chi connectivity index (χ3v) is 5.75. The number of hydrogen-bond donors (Lipinski definition) is 0. The number of fused-ring (bicyclic) bond motifs is 1. The second-order valence-corrected chi connectivity index (χ2v) is 7.49. The van der Waals surface area contributed by atoms with Gasteiger partial charge in [0.15, 0.2) is 0 Å². The van der Waals surface area contributed by atoms with Gasteiger partial charge in [-0.2, -0.15) is 0 Å². The van der Waals surface area contributed by atoms with Crippen molar-refractivity contribution >= 4 is 39.9 Å². The van der Waals surface area contributed by atoms with Gasteiger partial charge in [-0.05, 0) is 50.3 Å². The Labute approximate surface area is 132 Å². The Morgan fingerprint density at radius 3 is 2.81 bits per heavy atom. The summed E-state index contributed by atoms with van der Waals surface area (Å²) in [6, 6.07) is 4.13. The maximum absolute atomic E-state index is 12.1. The molecule has 21 heavy (non-hydrogen) atoms. The van der Waals surface area contributed by atoms with Gasteiger partial charge in [-0.25, -0.2) is 9.79 Å². The van der Waals surface area contributed by atoms with Gasteiger partial charge in [0, 0.05) is 20.8 Å². The van der Waals surface area contributed by atoms with Crippen molar-refractivity contribution in [3.63, 3.8) is 0 Å². The molecule has 0 saturated carbocycles. The van der Waals surface area contributed by atoms with Gasteiger partial charge < -0.3 is 4.74 Å². The van der Waals surface area contributed by atoms with Crippen molar-refractivity contribution in [3.05, 3.63) is 37.9 Å². The molecule has 0 aromatic carbocycles. The van der Waals surface area contributed by atoms with Gasteiger partial charge in [0.05, 0.1) is 12.7 Å². The van der Waals surface area contributed by atoms with Gasteiger partial charge in [-0.15, -0.1) is 22.7 Å². The number of esters is 1. The number of nitrogens with zero attached hydrogens (tertiary/aromatic N) is 1. The van der Waals surface area contributed by atoms with E-state index in [4.69, 9.17) is 4.74 Å². The van der Waals surface area contributed by atoms with E-state index in [1.165, 1.54) is 23.3 Å².